The maximum atomic E-state index is 11.4. The summed E-state index contributed by atoms with van der Waals surface area (Å²) >= 11 is 6.07. The van der Waals surface area contributed by atoms with Gasteiger partial charge in [-0.05, 0) is 48.7 Å². The van der Waals surface area contributed by atoms with Crippen molar-refractivity contribution >= 4 is 17.6 Å². The number of ether oxygens (including phenoxy) is 1. The molecule has 0 fully saturated rings. The van der Waals surface area contributed by atoms with Crippen LogP contribution in [0.3, 0.4) is 0 Å². The van der Waals surface area contributed by atoms with Gasteiger partial charge in [0, 0.05) is 11.4 Å². The van der Waals surface area contributed by atoms with Crippen LogP contribution in [0, 0.1) is 13.8 Å². The van der Waals surface area contributed by atoms with E-state index in [-0.39, 0.29) is 6.42 Å². The second-order valence-corrected chi connectivity index (χ2v) is 5.39. The van der Waals surface area contributed by atoms with Gasteiger partial charge in [0.25, 0.3) is 0 Å². The van der Waals surface area contributed by atoms with E-state index in [1.165, 1.54) is 0 Å². The third kappa shape index (κ3) is 3.99. The first-order chi connectivity index (χ1) is 9.97. The molecule has 3 nitrogen and oxygen atoms in total. The van der Waals surface area contributed by atoms with Crippen LogP contribution in [0.1, 0.15) is 16.7 Å². The smallest absolute Gasteiger partial charge is 0.345 e. The molecule has 0 saturated carbocycles. The van der Waals surface area contributed by atoms with Crippen molar-refractivity contribution in [1.29, 1.82) is 0 Å². The van der Waals surface area contributed by atoms with Crippen molar-refractivity contribution in [3.63, 3.8) is 0 Å². The highest BCUT2D eigenvalue weighted by atomic mass is 35.5. The van der Waals surface area contributed by atoms with Crippen LogP contribution < -0.4 is 4.74 Å². The highest BCUT2D eigenvalue weighted by Crippen LogP contribution is 2.21. The first-order valence-corrected chi connectivity index (χ1v) is 7.05. The molecule has 0 aliphatic rings. The maximum absolute atomic E-state index is 11.4. The second kappa shape index (κ2) is 6.64. The summed E-state index contributed by atoms with van der Waals surface area (Å²) in [6.07, 6.45) is -0.742. The lowest BCUT2D eigenvalue weighted by Gasteiger charge is -2.16. The molecule has 0 amide bonds. The number of rotatable bonds is 5. The molecule has 110 valence electrons. The average molecular weight is 305 g/mol. The number of hydrogen-bond donors (Lipinski definition) is 1. The van der Waals surface area contributed by atoms with Gasteiger partial charge in [-0.3, -0.25) is 0 Å². The zero-order valence-corrected chi connectivity index (χ0v) is 12.7. The Hall–Kier alpha value is -2.00. The van der Waals surface area contributed by atoms with Crippen LogP contribution in [0.4, 0.5) is 0 Å². The Morgan fingerprint density at radius 1 is 1.19 bits per heavy atom. The molecule has 0 aliphatic carbocycles. The number of aryl methyl sites for hydroxylation is 2. The number of halogens is 1. The minimum absolute atomic E-state index is 0.224. The highest BCUT2D eigenvalue weighted by Gasteiger charge is 2.21. The predicted molar refractivity (Wildman–Crippen MR) is 83.1 cm³/mol. The number of carbonyl (C=O) groups is 1. The minimum Gasteiger partial charge on any atom is -0.478 e. The molecule has 21 heavy (non-hydrogen) atoms. The van der Waals surface area contributed by atoms with Crippen LogP contribution in [0.2, 0.25) is 5.02 Å². The summed E-state index contributed by atoms with van der Waals surface area (Å²) in [7, 11) is 0. The van der Waals surface area contributed by atoms with Gasteiger partial charge in [0.05, 0.1) is 0 Å². The molecule has 0 heterocycles. The van der Waals surface area contributed by atoms with Gasteiger partial charge in [-0.2, -0.15) is 0 Å². The minimum atomic E-state index is -1.01. The molecule has 0 aromatic heterocycles. The Bertz CT molecular complexity index is 652. The van der Waals surface area contributed by atoms with Crippen molar-refractivity contribution < 1.29 is 14.6 Å². The molecule has 4 heteroatoms. The second-order valence-electron chi connectivity index (χ2n) is 4.99. The Kier molecular flexibility index (Phi) is 4.86. The van der Waals surface area contributed by atoms with Crippen LogP contribution in [0.15, 0.2) is 42.5 Å². The zero-order chi connectivity index (χ0) is 15.4. The van der Waals surface area contributed by atoms with Crippen LogP contribution in [-0.4, -0.2) is 17.2 Å². The van der Waals surface area contributed by atoms with Crippen molar-refractivity contribution in [3.8, 4) is 5.75 Å². The zero-order valence-electron chi connectivity index (χ0n) is 12.0. The molecule has 2 rings (SSSR count). The standard InChI is InChI=1S/C17H17ClO3/c1-11-7-8-14(9-12(11)2)21-16(17(19)20)10-13-5-3-4-6-15(13)18/h3-9,16H,10H2,1-2H3,(H,19,20)/t16-/m0/s1. The maximum Gasteiger partial charge on any atom is 0.345 e. The molecule has 1 N–H and O–H groups in total. The van der Waals surface area contributed by atoms with Gasteiger partial charge in [0.1, 0.15) is 5.75 Å². The van der Waals surface area contributed by atoms with Gasteiger partial charge >= 0.3 is 5.97 Å². The lowest BCUT2D eigenvalue weighted by atomic mass is 10.1. The van der Waals surface area contributed by atoms with E-state index in [2.05, 4.69) is 0 Å². The summed E-state index contributed by atoms with van der Waals surface area (Å²) in [5, 5.41) is 9.89. The summed E-state index contributed by atoms with van der Waals surface area (Å²) < 4.78 is 5.61. The molecule has 0 spiro atoms. The van der Waals surface area contributed by atoms with E-state index in [0.717, 1.165) is 16.7 Å². The first kappa shape index (κ1) is 15.4. The van der Waals surface area contributed by atoms with Gasteiger partial charge in [0.15, 0.2) is 6.10 Å². The van der Waals surface area contributed by atoms with Gasteiger partial charge in [-0.25, -0.2) is 4.79 Å². The van der Waals surface area contributed by atoms with E-state index in [0.29, 0.717) is 10.8 Å². The number of carboxylic acids is 1. The first-order valence-electron chi connectivity index (χ1n) is 6.67. The van der Waals surface area contributed by atoms with Crippen LogP contribution in [-0.2, 0) is 11.2 Å². The van der Waals surface area contributed by atoms with Crippen molar-refractivity contribution in [2.75, 3.05) is 0 Å². The van der Waals surface area contributed by atoms with Crippen molar-refractivity contribution in [1.82, 2.24) is 0 Å². The topological polar surface area (TPSA) is 46.5 Å². The van der Waals surface area contributed by atoms with Crippen LogP contribution >= 0.6 is 11.6 Å². The molecule has 0 bridgehead atoms. The predicted octanol–water partition coefficient (Wildman–Crippen LogP) is 4.03. The molecular weight excluding hydrogens is 288 g/mol. The lowest BCUT2D eigenvalue weighted by molar-refractivity contribution is -0.145. The van der Waals surface area contributed by atoms with Crippen LogP contribution in [0.25, 0.3) is 0 Å². The summed E-state index contributed by atoms with van der Waals surface area (Å²) in [5.41, 5.74) is 2.96. The number of aliphatic carboxylic acids is 1. The average Bonchev–Trinajstić information content (AvgIpc) is 2.44. The van der Waals surface area contributed by atoms with Crippen LogP contribution in [0.5, 0.6) is 5.75 Å². The van der Waals surface area contributed by atoms with E-state index in [1.54, 1.807) is 12.1 Å². The van der Waals surface area contributed by atoms with E-state index < -0.39 is 12.1 Å². The third-order valence-corrected chi connectivity index (χ3v) is 3.76. The summed E-state index contributed by atoms with van der Waals surface area (Å²) in [4.78, 5) is 11.4. The molecular formula is C17H17ClO3. The number of benzene rings is 2. The van der Waals surface area contributed by atoms with Crippen molar-refractivity contribution in [2.45, 2.75) is 26.4 Å². The number of carboxylic acid groups (broad SMARTS) is 1. The largest absolute Gasteiger partial charge is 0.478 e. The molecule has 2 aromatic rings. The Balaban J connectivity index is 2.18. The summed E-state index contributed by atoms with van der Waals surface area (Å²) in [5.74, 6) is -0.453. The van der Waals surface area contributed by atoms with E-state index >= 15 is 0 Å². The fraction of sp³-hybridized carbons (Fsp3) is 0.235. The molecule has 0 unspecified atom stereocenters. The fourth-order valence-corrected chi connectivity index (χ4v) is 2.21. The van der Waals surface area contributed by atoms with Gasteiger partial charge < -0.3 is 9.84 Å². The monoisotopic (exact) mass is 304 g/mol. The van der Waals surface area contributed by atoms with E-state index in [4.69, 9.17) is 16.3 Å². The Morgan fingerprint density at radius 2 is 1.90 bits per heavy atom. The SMILES string of the molecule is Cc1ccc(O[C@@H](Cc2ccccc2Cl)C(=O)O)cc1C. The fourth-order valence-electron chi connectivity index (χ4n) is 1.99. The van der Waals surface area contributed by atoms with Gasteiger partial charge in [0.2, 0.25) is 0 Å². The molecule has 2 aromatic carbocycles. The molecule has 0 saturated heterocycles. The highest BCUT2D eigenvalue weighted by molar-refractivity contribution is 6.31. The lowest BCUT2D eigenvalue weighted by Crippen LogP contribution is -2.29. The van der Waals surface area contributed by atoms with Gasteiger partial charge in [-0.15, -0.1) is 0 Å². The summed E-state index contributed by atoms with van der Waals surface area (Å²) in [6.45, 7) is 3.96. The van der Waals surface area contributed by atoms with E-state index in [1.807, 2.05) is 44.2 Å². The van der Waals surface area contributed by atoms with Crippen molar-refractivity contribution in [3.05, 3.63) is 64.2 Å². The van der Waals surface area contributed by atoms with Gasteiger partial charge in [-0.1, -0.05) is 35.9 Å². The molecule has 0 radical (unpaired) electrons. The number of hydrogen-bond acceptors (Lipinski definition) is 2. The Morgan fingerprint density at radius 3 is 2.52 bits per heavy atom. The summed E-state index contributed by atoms with van der Waals surface area (Å²) in [6, 6.07) is 12.7. The van der Waals surface area contributed by atoms with E-state index in [9.17, 15) is 9.90 Å². The molecule has 1 atom stereocenters. The normalized spacial score (nSPS) is 12.0. The third-order valence-electron chi connectivity index (χ3n) is 3.40. The quantitative estimate of drug-likeness (QED) is 0.907. The molecule has 0 aliphatic heterocycles. The van der Waals surface area contributed by atoms with Crippen molar-refractivity contribution in [2.24, 2.45) is 0 Å². The Labute approximate surface area is 129 Å².